The summed E-state index contributed by atoms with van der Waals surface area (Å²) in [6.07, 6.45) is -4.24. The number of halogens is 4. The van der Waals surface area contributed by atoms with Gasteiger partial charge in [-0.15, -0.1) is 0 Å². The number of nitrogens with zero attached hydrogens (tertiary/aromatic N) is 1. The van der Waals surface area contributed by atoms with Crippen LogP contribution in [0.1, 0.15) is 27.9 Å². The number of urea groups is 1. The largest absolute Gasteiger partial charge is 0.416 e. The fourth-order valence-corrected chi connectivity index (χ4v) is 3.26. The van der Waals surface area contributed by atoms with E-state index in [2.05, 4.69) is 10.6 Å². The summed E-state index contributed by atoms with van der Waals surface area (Å²) < 4.78 is 52.0. The van der Waals surface area contributed by atoms with Crippen molar-refractivity contribution in [3.63, 3.8) is 0 Å². The van der Waals surface area contributed by atoms with Gasteiger partial charge in [-0.1, -0.05) is 18.2 Å². The van der Waals surface area contributed by atoms with E-state index >= 15 is 0 Å². The number of hydrogen-bond acceptors (Lipinski definition) is 2. The predicted octanol–water partition coefficient (Wildman–Crippen LogP) is 6.01. The smallest absolute Gasteiger partial charge is 0.352 e. The van der Waals surface area contributed by atoms with E-state index in [0.717, 1.165) is 17.7 Å². The Morgan fingerprint density at radius 1 is 0.941 bits per heavy atom. The van der Waals surface area contributed by atoms with Crippen molar-refractivity contribution in [3.8, 4) is 0 Å². The second kappa shape index (κ2) is 10.8. The summed E-state index contributed by atoms with van der Waals surface area (Å²) in [5, 5.41) is 5.36. The van der Waals surface area contributed by atoms with Crippen molar-refractivity contribution < 1.29 is 27.2 Å². The zero-order valence-corrected chi connectivity index (χ0v) is 18.3. The maximum atomic E-state index is 13.4. The molecule has 0 fully saturated rings. The van der Waals surface area contributed by atoms with Gasteiger partial charge in [-0.3, -0.25) is 9.69 Å². The Balaban J connectivity index is 1.63. The Labute approximate surface area is 194 Å². The van der Waals surface area contributed by atoms with Gasteiger partial charge >= 0.3 is 12.2 Å². The molecule has 0 aromatic heterocycles. The maximum absolute atomic E-state index is 13.4. The lowest BCUT2D eigenvalue weighted by molar-refractivity contribution is -0.137. The van der Waals surface area contributed by atoms with Crippen molar-refractivity contribution in [1.82, 2.24) is 5.32 Å². The lowest BCUT2D eigenvalue weighted by Gasteiger charge is -2.23. The second-order valence-electron chi connectivity index (χ2n) is 7.62. The van der Waals surface area contributed by atoms with Crippen LogP contribution in [0.3, 0.4) is 0 Å². The highest BCUT2D eigenvalue weighted by Crippen LogP contribution is 2.29. The molecule has 0 saturated carbocycles. The number of anilines is 2. The van der Waals surface area contributed by atoms with Gasteiger partial charge in [0.1, 0.15) is 5.82 Å². The van der Waals surface area contributed by atoms with Gasteiger partial charge in [-0.2, -0.15) is 13.2 Å². The van der Waals surface area contributed by atoms with E-state index in [1.165, 1.54) is 41.3 Å². The van der Waals surface area contributed by atoms with E-state index in [9.17, 15) is 27.2 Å². The number of rotatable bonds is 7. The van der Waals surface area contributed by atoms with Gasteiger partial charge in [0.2, 0.25) is 0 Å². The molecule has 0 heterocycles. The van der Waals surface area contributed by atoms with Crippen molar-refractivity contribution in [2.24, 2.45) is 0 Å². The quantitative estimate of drug-likeness (QED) is 0.326. The van der Waals surface area contributed by atoms with Crippen LogP contribution in [0.5, 0.6) is 0 Å². The van der Waals surface area contributed by atoms with Crippen LogP contribution in [0.2, 0.25) is 0 Å². The van der Waals surface area contributed by atoms with E-state index in [1.807, 2.05) is 13.0 Å². The van der Waals surface area contributed by atoms with Crippen molar-refractivity contribution in [2.75, 3.05) is 23.3 Å². The molecule has 0 atom stereocenters. The van der Waals surface area contributed by atoms with E-state index in [1.54, 1.807) is 18.2 Å². The second-order valence-corrected chi connectivity index (χ2v) is 7.62. The molecule has 3 amide bonds. The molecule has 0 aliphatic carbocycles. The Morgan fingerprint density at radius 3 is 2.32 bits per heavy atom. The number of benzene rings is 3. The van der Waals surface area contributed by atoms with Gasteiger partial charge in [0.15, 0.2) is 0 Å². The topological polar surface area (TPSA) is 61.4 Å². The number of carbonyl (C=O) groups is 2. The van der Waals surface area contributed by atoms with Crippen LogP contribution in [-0.4, -0.2) is 25.0 Å². The van der Waals surface area contributed by atoms with Crippen molar-refractivity contribution >= 4 is 23.3 Å². The number of alkyl halides is 3. The molecule has 9 heteroatoms. The summed E-state index contributed by atoms with van der Waals surface area (Å²) in [6.45, 7) is 2.18. The van der Waals surface area contributed by atoms with Crippen molar-refractivity contribution in [1.29, 1.82) is 0 Å². The van der Waals surface area contributed by atoms with E-state index in [-0.39, 0.29) is 18.7 Å². The fraction of sp³-hybridized carbons (Fsp3) is 0.200. The molecule has 0 aliphatic heterocycles. The van der Waals surface area contributed by atoms with Crippen LogP contribution in [0.15, 0.2) is 72.8 Å². The summed E-state index contributed by atoms with van der Waals surface area (Å²) in [6, 6.07) is 16.3. The zero-order chi connectivity index (χ0) is 24.7. The molecular weight excluding hydrogens is 450 g/mol. The normalized spacial score (nSPS) is 11.1. The Hall–Kier alpha value is -3.88. The minimum atomic E-state index is -4.55. The number of nitrogens with one attached hydrogen (secondary N) is 2. The standard InChI is InChI=1S/C25H23F4N3O2/c1-17-5-2-8-21(15-17)31-24(34)32(22-11-9-20(26)10-12-22)14-4-13-30-23(33)18-6-3-7-19(16-18)25(27,28)29/h2-3,5-12,15-16H,4,13-14H2,1H3,(H,30,33)(H,31,34). The van der Waals surface area contributed by atoms with Crippen LogP contribution >= 0.6 is 0 Å². The molecule has 3 rings (SSSR count). The van der Waals surface area contributed by atoms with Crippen molar-refractivity contribution in [3.05, 3.63) is 95.3 Å². The van der Waals surface area contributed by atoms with Gasteiger partial charge < -0.3 is 10.6 Å². The van der Waals surface area contributed by atoms with Crippen LogP contribution in [0.4, 0.5) is 33.7 Å². The minimum absolute atomic E-state index is 0.109. The molecule has 0 aliphatic rings. The highest BCUT2D eigenvalue weighted by Gasteiger charge is 2.30. The van der Waals surface area contributed by atoms with Gasteiger partial charge in [-0.05, 0) is 73.5 Å². The Morgan fingerprint density at radius 2 is 1.65 bits per heavy atom. The third-order valence-corrected chi connectivity index (χ3v) is 4.95. The van der Waals surface area contributed by atoms with Gasteiger partial charge in [-0.25, -0.2) is 9.18 Å². The molecule has 34 heavy (non-hydrogen) atoms. The van der Waals surface area contributed by atoms with Crippen LogP contribution < -0.4 is 15.5 Å². The van der Waals surface area contributed by atoms with Gasteiger partial charge in [0.05, 0.1) is 5.56 Å². The van der Waals surface area contributed by atoms with Crippen LogP contribution in [-0.2, 0) is 6.18 Å². The summed E-state index contributed by atoms with van der Waals surface area (Å²) in [4.78, 5) is 26.6. The highest BCUT2D eigenvalue weighted by atomic mass is 19.4. The van der Waals surface area contributed by atoms with E-state index in [4.69, 9.17) is 0 Å². The lowest BCUT2D eigenvalue weighted by atomic mass is 10.1. The number of aryl methyl sites for hydroxylation is 1. The zero-order valence-electron chi connectivity index (χ0n) is 18.3. The molecule has 0 radical (unpaired) electrons. The number of hydrogen-bond donors (Lipinski definition) is 2. The van der Waals surface area contributed by atoms with Crippen LogP contribution in [0.25, 0.3) is 0 Å². The van der Waals surface area contributed by atoms with Crippen molar-refractivity contribution in [2.45, 2.75) is 19.5 Å². The number of amides is 3. The molecule has 178 valence electrons. The highest BCUT2D eigenvalue weighted by molar-refractivity contribution is 6.01. The lowest BCUT2D eigenvalue weighted by Crippen LogP contribution is -2.37. The monoisotopic (exact) mass is 473 g/mol. The molecular formula is C25H23F4N3O2. The first kappa shape index (κ1) is 24.8. The first-order chi connectivity index (χ1) is 16.1. The molecule has 0 bridgehead atoms. The first-order valence-corrected chi connectivity index (χ1v) is 10.5. The molecule has 3 aromatic carbocycles. The number of carbonyl (C=O) groups excluding carboxylic acids is 2. The average molecular weight is 473 g/mol. The summed E-state index contributed by atoms with van der Waals surface area (Å²) in [7, 11) is 0. The maximum Gasteiger partial charge on any atom is 0.416 e. The summed E-state index contributed by atoms with van der Waals surface area (Å²) in [5.74, 6) is -1.10. The molecule has 0 saturated heterocycles. The Bertz CT molecular complexity index is 1150. The summed E-state index contributed by atoms with van der Waals surface area (Å²) in [5.41, 5.74) is 0.993. The Kier molecular flexibility index (Phi) is 7.88. The van der Waals surface area contributed by atoms with E-state index in [0.29, 0.717) is 17.8 Å². The molecule has 3 aromatic rings. The first-order valence-electron chi connectivity index (χ1n) is 10.5. The molecule has 0 spiro atoms. The van der Waals surface area contributed by atoms with Gasteiger partial charge in [0, 0.05) is 30.0 Å². The molecule has 5 nitrogen and oxygen atoms in total. The minimum Gasteiger partial charge on any atom is -0.352 e. The SMILES string of the molecule is Cc1cccc(NC(=O)N(CCCNC(=O)c2cccc(C(F)(F)F)c2)c2ccc(F)cc2)c1. The molecule has 0 unspecified atom stereocenters. The third kappa shape index (κ3) is 6.81. The molecule has 2 N–H and O–H groups in total. The predicted molar refractivity (Wildman–Crippen MR) is 122 cm³/mol. The third-order valence-electron chi connectivity index (χ3n) is 4.95. The van der Waals surface area contributed by atoms with Gasteiger partial charge in [0.25, 0.3) is 5.91 Å². The fourth-order valence-electron chi connectivity index (χ4n) is 3.26. The summed E-state index contributed by atoms with van der Waals surface area (Å²) >= 11 is 0. The van der Waals surface area contributed by atoms with Crippen LogP contribution in [0, 0.1) is 12.7 Å². The van der Waals surface area contributed by atoms with E-state index < -0.39 is 29.5 Å². The average Bonchev–Trinajstić information content (AvgIpc) is 2.79.